The van der Waals surface area contributed by atoms with E-state index in [1.165, 1.54) is 0 Å². The van der Waals surface area contributed by atoms with Gasteiger partial charge in [0.05, 0.1) is 13.2 Å². The summed E-state index contributed by atoms with van der Waals surface area (Å²) in [5.74, 6) is 2.42. The van der Waals surface area contributed by atoms with Gasteiger partial charge in [-0.1, -0.05) is 0 Å². The smallest absolute Gasteiger partial charge is 0.241 e. The molecule has 0 radical (unpaired) electrons. The average Bonchev–Trinajstić information content (AvgIpc) is 2.96. The Kier molecular flexibility index (Phi) is 6.27. The zero-order chi connectivity index (χ0) is 18.0. The Balaban J connectivity index is 1.99. The van der Waals surface area contributed by atoms with Crippen molar-refractivity contribution in [2.24, 2.45) is 5.92 Å². The third-order valence-corrected chi connectivity index (χ3v) is 5.98. The van der Waals surface area contributed by atoms with Crippen LogP contribution in [0.2, 0.25) is 39.3 Å². The molecular formula is C18H36O4Si2. The van der Waals surface area contributed by atoms with E-state index in [9.17, 15) is 0 Å². The van der Waals surface area contributed by atoms with Gasteiger partial charge in [-0.3, -0.25) is 0 Å². The van der Waals surface area contributed by atoms with Crippen molar-refractivity contribution < 1.29 is 18.3 Å². The third kappa shape index (κ3) is 6.20. The van der Waals surface area contributed by atoms with E-state index >= 15 is 0 Å². The molecule has 4 nitrogen and oxygen atoms in total. The second kappa shape index (κ2) is 7.52. The Morgan fingerprint density at radius 1 is 1.00 bits per heavy atom. The first kappa shape index (κ1) is 20.0. The molecule has 1 unspecified atom stereocenters. The summed E-state index contributed by atoms with van der Waals surface area (Å²) < 4.78 is 24.3. The lowest BCUT2D eigenvalue weighted by Gasteiger charge is -2.28. The first-order valence-electron chi connectivity index (χ1n) is 9.36. The molecule has 1 saturated heterocycles. The molecule has 6 heteroatoms. The number of rotatable bonds is 8. The van der Waals surface area contributed by atoms with Crippen molar-refractivity contribution in [1.82, 2.24) is 0 Å². The fraction of sp³-hybridized carbons (Fsp3) is 0.889. The summed E-state index contributed by atoms with van der Waals surface area (Å²) in [5.41, 5.74) is 0. The van der Waals surface area contributed by atoms with Crippen molar-refractivity contribution in [3.8, 4) is 0 Å². The lowest BCUT2D eigenvalue weighted by Crippen LogP contribution is -2.29. The fourth-order valence-electron chi connectivity index (χ4n) is 3.37. The quantitative estimate of drug-likeness (QED) is 0.546. The maximum Gasteiger partial charge on any atom is 0.241 e. The van der Waals surface area contributed by atoms with E-state index in [2.05, 4.69) is 46.2 Å². The predicted molar refractivity (Wildman–Crippen MR) is 103 cm³/mol. The molecule has 1 atom stereocenters. The molecule has 2 aliphatic rings. The van der Waals surface area contributed by atoms with E-state index in [0.717, 1.165) is 56.8 Å². The van der Waals surface area contributed by atoms with Gasteiger partial charge in [0.2, 0.25) is 16.6 Å². The van der Waals surface area contributed by atoms with Crippen LogP contribution in [0.4, 0.5) is 0 Å². The van der Waals surface area contributed by atoms with Crippen LogP contribution < -0.4 is 0 Å². The van der Waals surface area contributed by atoms with E-state index in [4.69, 9.17) is 18.3 Å². The zero-order valence-corrected chi connectivity index (χ0v) is 18.7. The molecule has 0 spiro atoms. The number of ether oxygens (including phenoxy) is 2. The van der Waals surface area contributed by atoms with Crippen LogP contribution in [-0.4, -0.2) is 35.6 Å². The SMILES string of the molecule is CC1(CCCC2CCC(O[Si](C)(C)C)=C2O[Si](C)(C)C)OCCO1. The average molecular weight is 373 g/mol. The van der Waals surface area contributed by atoms with Crippen molar-refractivity contribution in [2.45, 2.75) is 84.1 Å². The first-order valence-corrected chi connectivity index (χ1v) is 16.2. The Hall–Kier alpha value is -0.306. The molecule has 0 N–H and O–H groups in total. The summed E-state index contributed by atoms with van der Waals surface area (Å²) in [6.07, 6.45) is 5.35. The molecule has 0 aromatic carbocycles. The summed E-state index contributed by atoms with van der Waals surface area (Å²) in [6, 6.07) is 0. The van der Waals surface area contributed by atoms with Crippen molar-refractivity contribution in [3.05, 3.63) is 11.5 Å². The van der Waals surface area contributed by atoms with Crippen molar-refractivity contribution in [1.29, 1.82) is 0 Å². The molecule has 1 aliphatic carbocycles. The van der Waals surface area contributed by atoms with Crippen molar-refractivity contribution >= 4 is 16.6 Å². The number of hydrogen-bond acceptors (Lipinski definition) is 4. The third-order valence-electron chi connectivity index (χ3n) is 4.29. The Morgan fingerprint density at radius 3 is 2.12 bits per heavy atom. The number of allylic oxidation sites excluding steroid dienone is 2. The minimum absolute atomic E-state index is 0.375. The zero-order valence-electron chi connectivity index (χ0n) is 16.7. The Morgan fingerprint density at radius 2 is 1.58 bits per heavy atom. The highest BCUT2D eigenvalue weighted by Gasteiger charge is 2.35. The highest BCUT2D eigenvalue weighted by Crippen LogP contribution is 2.40. The van der Waals surface area contributed by atoms with Crippen LogP contribution in [0.3, 0.4) is 0 Å². The van der Waals surface area contributed by atoms with Crippen LogP contribution >= 0.6 is 0 Å². The summed E-state index contributed by atoms with van der Waals surface area (Å²) in [4.78, 5) is 0. The monoisotopic (exact) mass is 372 g/mol. The molecule has 1 aliphatic heterocycles. The standard InChI is InChI=1S/C18H36O4Si2/c1-18(19-13-14-20-18)12-8-9-15-10-11-16(21-23(2,3)4)17(15)22-24(5,6)7/h15H,8-14H2,1-7H3. The summed E-state index contributed by atoms with van der Waals surface area (Å²) >= 11 is 0. The molecule has 0 saturated carbocycles. The fourth-order valence-corrected chi connectivity index (χ4v) is 5.26. The molecule has 0 aromatic heterocycles. The molecule has 140 valence electrons. The molecule has 1 heterocycles. The van der Waals surface area contributed by atoms with Crippen LogP contribution in [0.1, 0.15) is 39.0 Å². The summed E-state index contributed by atoms with van der Waals surface area (Å²) in [7, 11) is -3.23. The molecular weight excluding hydrogens is 336 g/mol. The van der Waals surface area contributed by atoms with Gasteiger partial charge in [0, 0.05) is 18.8 Å². The van der Waals surface area contributed by atoms with Gasteiger partial charge < -0.3 is 18.3 Å². The van der Waals surface area contributed by atoms with Crippen LogP contribution in [0, 0.1) is 5.92 Å². The predicted octanol–water partition coefficient (Wildman–Crippen LogP) is 5.24. The van der Waals surface area contributed by atoms with Gasteiger partial charge in [-0.15, -0.1) is 0 Å². The first-order chi connectivity index (χ1) is 11.0. The van der Waals surface area contributed by atoms with Crippen LogP contribution in [0.15, 0.2) is 11.5 Å². The molecule has 24 heavy (non-hydrogen) atoms. The second-order valence-electron chi connectivity index (χ2n) is 9.17. The topological polar surface area (TPSA) is 36.9 Å². The lowest BCUT2D eigenvalue weighted by molar-refractivity contribution is -0.147. The molecule has 0 bridgehead atoms. The Labute approximate surface area is 150 Å². The van der Waals surface area contributed by atoms with E-state index in [-0.39, 0.29) is 5.79 Å². The van der Waals surface area contributed by atoms with E-state index in [1.54, 1.807) is 0 Å². The summed E-state index contributed by atoms with van der Waals surface area (Å²) in [6.45, 7) is 17.0. The maximum atomic E-state index is 6.47. The molecule has 0 aromatic rings. The van der Waals surface area contributed by atoms with E-state index in [1.807, 2.05) is 0 Å². The van der Waals surface area contributed by atoms with Gasteiger partial charge in [-0.25, -0.2) is 0 Å². The van der Waals surface area contributed by atoms with Crippen LogP contribution in [0.25, 0.3) is 0 Å². The minimum atomic E-state index is -1.63. The number of hydrogen-bond donors (Lipinski definition) is 0. The summed E-state index contributed by atoms with van der Waals surface area (Å²) in [5, 5.41) is 0. The van der Waals surface area contributed by atoms with E-state index in [0.29, 0.717) is 5.92 Å². The van der Waals surface area contributed by atoms with E-state index < -0.39 is 16.6 Å². The second-order valence-corrected chi connectivity index (χ2v) is 18.0. The largest absolute Gasteiger partial charge is 0.545 e. The van der Waals surface area contributed by atoms with Gasteiger partial charge in [0.1, 0.15) is 11.5 Å². The van der Waals surface area contributed by atoms with Crippen LogP contribution in [-0.2, 0) is 18.3 Å². The maximum absolute atomic E-state index is 6.47. The van der Waals surface area contributed by atoms with Gasteiger partial charge in [0.15, 0.2) is 5.79 Å². The van der Waals surface area contributed by atoms with Gasteiger partial charge in [-0.2, -0.15) is 0 Å². The highest BCUT2D eigenvalue weighted by atomic mass is 28.4. The van der Waals surface area contributed by atoms with Gasteiger partial charge in [0.25, 0.3) is 0 Å². The molecule has 1 fully saturated rings. The van der Waals surface area contributed by atoms with Crippen molar-refractivity contribution in [2.75, 3.05) is 13.2 Å². The minimum Gasteiger partial charge on any atom is -0.545 e. The van der Waals surface area contributed by atoms with Crippen molar-refractivity contribution in [3.63, 3.8) is 0 Å². The van der Waals surface area contributed by atoms with Gasteiger partial charge >= 0.3 is 0 Å². The van der Waals surface area contributed by atoms with Crippen LogP contribution in [0.5, 0.6) is 0 Å². The molecule has 0 amide bonds. The normalized spacial score (nSPS) is 24.5. The highest BCUT2D eigenvalue weighted by molar-refractivity contribution is 6.70. The Bertz CT molecular complexity index is 457. The van der Waals surface area contributed by atoms with Gasteiger partial charge in [-0.05, 0) is 65.5 Å². The molecule has 2 rings (SSSR count). The lowest BCUT2D eigenvalue weighted by atomic mass is 9.98.